The number of rotatable bonds is 6. The number of nitrogens with zero attached hydrogens (tertiary/aromatic N) is 1. The zero-order chi connectivity index (χ0) is 23.4. The number of hydrogen-bond donors (Lipinski definition) is 1. The number of ether oxygens (including phenoxy) is 2. The molecule has 1 aliphatic rings. The minimum Gasteiger partial charge on any atom is -0.493 e. The molecule has 0 bridgehead atoms. The van der Waals surface area contributed by atoms with Gasteiger partial charge in [-0.3, -0.25) is 9.59 Å². The Kier molecular flexibility index (Phi) is 6.89. The lowest BCUT2D eigenvalue weighted by Crippen LogP contribution is -2.38. The first-order valence-electron chi connectivity index (χ1n) is 10.6. The van der Waals surface area contributed by atoms with Crippen molar-refractivity contribution in [1.82, 2.24) is 0 Å². The van der Waals surface area contributed by atoms with Crippen molar-refractivity contribution in [3.63, 3.8) is 0 Å². The highest BCUT2D eigenvalue weighted by atomic mass is 32.2. The van der Waals surface area contributed by atoms with Crippen LogP contribution in [0, 0.1) is 6.92 Å². The van der Waals surface area contributed by atoms with E-state index in [9.17, 15) is 9.59 Å². The molecule has 0 radical (unpaired) electrons. The van der Waals surface area contributed by atoms with Crippen molar-refractivity contribution in [3.8, 4) is 11.5 Å². The predicted octanol–water partition coefficient (Wildman–Crippen LogP) is 5.22. The van der Waals surface area contributed by atoms with Gasteiger partial charge in [0, 0.05) is 22.3 Å². The van der Waals surface area contributed by atoms with Crippen LogP contribution in [0.3, 0.4) is 0 Å². The average Bonchev–Trinajstić information content (AvgIpc) is 2.96. The van der Waals surface area contributed by atoms with Gasteiger partial charge in [-0.25, -0.2) is 0 Å². The highest BCUT2D eigenvalue weighted by Gasteiger charge is 2.30. The van der Waals surface area contributed by atoms with Crippen molar-refractivity contribution in [2.45, 2.75) is 23.5 Å². The van der Waals surface area contributed by atoms with E-state index in [-0.39, 0.29) is 30.0 Å². The van der Waals surface area contributed by atoms with Crippen LogP contribution in [0.5, 0.6) is 11.5 Å². The number of carbonyl (C=O) groups is 2. The van der Waals surface area contributed by atoms with Crippen LogP contribution in [0.25, 0.3) is 0 Å². The summed E-state index contributed by atoms with van der Waals surface area (Å²) in [5.41, 5.74) is 3.53. The maximum atomic E-state index is 13.3. The number of amides is 2. The SMILES string of the molecule is COc1ccc([C@H]2CC(=O)N(CC(=O)Nc3ccc(C)cc3)c3ccccc3S2)cc1OC. The van der Waals surface area contributed by atoms with Gasteiger partial charge in [0.15, 0.2) is 11.5 Å². The molecule has 1 heterocycles. The van der Waals surface area contributed by atoms with Gasteiger partial charge in [-0.05, 0) is 48.9 Å². The molecule has 7 heteroatoms. The summed E-state index contributed by atoms with van der Waals surface area (Å²) < 4.78 is 10.8. The van der Waals surface area contributed by atoms with Crippen LogP contribution >= 0.6 is 11.8 Å². The molecule has 3 aromatic carbocycles. The van der Waals surface area contributed by atoms with Crippen molar-refractivity contribution in [3.05, 3.63) is 77.9 Å². The van der Waals surface area contributed by atoms with Crippen molar-refractivity contribution in [2.75, 3.05) is 31.0 Å². The summed E-state index contributed by atoms with van der Waals surface area (Å²) in [7, 11) is 3.19. The minimum atomic E-state index is -0.239. The van der Waals surface area contributed by atoms with E-state index in [2.05, 4.69) is 5.32 Å². The fourth-order valence-electron chi connectivity index (χ4n) is 3.77. The van der Waals surface area contributed by atoms with E-state index >= 15 is 0 Å². The lowest BCUT2D eigenvalue weighted by molar-refractivity contribution is -0.121. The summed E-state index contributed by atoms with van der Waals surface area (Å²) in [6, 6.07) is 21.0. The van der Waals surface area contributed by atoms with Crippen molar-refractivity contribution >= 4 is 35.0 Å². The standard InChI is InChI=1S/C26H26N2O4S/c1-17-8-11-19(12-9-17)27-25(29)16-28-20-6-4-5-7-23(20)33-24(15-26(28)30)18-10-13-21(31-2)22(14-18)32-3/h4-14,24H,15-16H2,1-3H3,(H,27,29)/t24-/m1/s1. The Morgan fingerprint density at radius 3 is 2.48 bits per heavy atom. The average molecular weight is 463 g/mol. The molecular formula is C26H26N2O4S. The molecule has 1 N–H and O–H groups in total. The molecule has 2 amide bonds. The van der Waals surface area contributed by atoms with Crippen LogP contribution in [0.4, 0.5) is 11.4 Å². The number of nitrogens with one attached hydrogen (secondary N) is 1. The molecule has 1 atom stereocenters. The highest BCUT2D eigenvalue weighted by Crippen LogP contribution is 2.46. The van der Waals surface area contributed by atoms with Gasteiger partial charge in [-0.2, -0.15) is 0 Å². The van der Waals surface area contributed by atoms with E-state index in [1.165, 1.54) is 0 Å². The number of fused-ring (bicyclic) bond motifs is 1. The second-order valence-corrected chi connectivity index (χ2v) is 9.03. The molecule has 0 unspecified atom stereocenters. The number of methoxy groups -OCH3 is 2. The molecule has 6 nitrogen and oxygen atoms in total. The fraction of sp³-hybridized carbons (Fsp3) is 0.231. The first kappa shape index (κ1) is 22.7. The first-order chi connectivity index (χ1) is 16.0. The van der Waals surface area contributed by atoms with Gasteiger partial charge in [-0.1, -0.05) is 35.9 Å². The summed E-state index contributed by atoms with van der Waals surface area (Å²) in [5, 5.41) is 2.77. The lowest BCUT2D eigenvalue weighted by atomic mass is 10.1. The maximum absolute atomic E-state index is 13.3. The van der Waals surface area contributed by atoms with Gasteiger partial charge in [0.1, 0.15) is 6.54 Å². The summed E-state index contributed by atoms with van der Waals surface area (Å²) in [4.78, 5) is 28.7. The molecule has 33 heavy (non-hydrogen) atoms. The normalized spacial score (nSPS) is 15.4. The Morgan fingerprint density at radius 1 is 1.03 bits per heavy atom. The third-order valence-electron chi connectivity index (χ3n) is 5.50. The van der Waals surface area contributed by atoms with E-state index in [4.69, 9.17) is 9.47 Å². The quantitative estimate of drug-likeness (QED) is 0.544. The van der Waals surface area contributed by atoms with E-state index in [1.54, 1.807) is 30.9 Å². The molecule has 0 spiro atoms. The minimum absolute atomic E-state index is 0.0526. The second kappa shape index (κ2) is 10.0. The van der Waals surface area contributed by atoms with E-state index in [1.807, 2.05) is 73.7 Å². The molecular weight excluding hydrogens is 436 g/mol. The van der Waals surface area contributed by atoms with Crippen LogP contribution in [-0.4, -0.2) is 32.6 Å². The summed E-state index contributed by atoms with van der Waals surface area (Å²) >= 11 is 1.61. The van der Waals surface area contributed by atoms with E-state index in [0.717, 1.165) is 21.7 Å². The molecule has 4 rings (SSSR count). The fourth-order valence-corrected chi connectivity index (χ4v) is 5.04. The molecule has 170 valence electrons. The third-order valence-corrected chi connectivity index (χ3v) is 6.83. The highest BCUT2D eigenvalue weighted by molar-refractivity contribution is 7.99. The van der Waals surface area contributed by atoms with Crippen LogP contribution < -0.4 is 19.7 Å². The zero-order valence-corrected chi connectivity index (χ0v) is 19.6. The lowest BCUT2D eigenvalue weighted by Gasteiger charge is -2.22. The largest absolute Gasteiger partial charge is 0.493 e. The van der Waals surface area contributed by atoms with Gasteiger partial charge in [-0.15, -0.1) is 11.8 Å². The smallest absolute Gasteiger partial charge is 0.244 e. The number of thioether (sulfide) groups is 1. The molecule has 0 saturated carbocycles. The molecule has 0 aromatic heterocycles. The van der Waals surface area contributed by atoms with Gasteiger partial charge < -0.3 is 19.7 Å². The zero-order valence-electron chi connectivity index (χ0n) is 18.8. The van der Waals surface area contributed by atoms with Gasteiger partial charge >= 0.3 is 0 Å². The van der Waals surface area contributed by atoms with Crippen molar-refractivity contribution in [1.29, 1.82) is 0 Å². The third kappa shape index (κ3) is 5.14. The Morgan fingerprint density at radius 2 is 1.76 bits per heavy atom. The van der Waals surface area contributed by atoms with E-state index in [0.29, 0.717) is 17.2 Å². The Bertz CT molecular complexity index is 1160. The second-order valence-electron chi connectivity index (χ2n) is 7.79. The molecule has 0 fully saturated rings. The molecule has 0 saturated heterocycles. The van der Waals surface area contributed by atoms with Crippen LogP contribution in [0.1, 0.15) is 22.8 Å². The first-order valence-corrected chi connectivity index (χ1v) is 11.5. The Hall–Kier alpha value is -3.45. The monoisotopic (exact) mass is 462 g/mol. The van der Waals surface area contributed by atoms with Crippen molar-refractivity contribution in [2.24, 2.45) is 0 Å². The van der Waals surface area contributed by atoms with Gasteiger partial charge in [0.05, 0.1) is 19.9 Å². The summed E-state index contributed by atoms with van der Waals surface area (Å²) in [5.74, 6) is 0.916. The summed E-state index contributed by atoms with van der Waals surface area (Å²) in [6.45, 7) is 1.94. The molecule has 1 aliphatic heterocycles. The number of carbonyl (C=O) groups excluding carboxylic acids is 2. The number of anilines is 2. The van der Waals surface area contributed by atoms with Crippen LogP contribution in [0.15, 0.2) is 71.6 Å². The number of para-hydroxylation sites is 1. The Labute approximate surface area is 197 Å². The Balaban J connectivity index is 1.59. The van der Waals surface area contributed by atoms with Crippen LogP contribution in [0.2, 0.25) is 0 Å². The number of benzene rings is 3. The summed E-state index contributed by atoms with van der Waals surface area (Å²) in [6.07, 6.45) is 0.257. The predicted molar refractivity (Wildman–Crippen MR) is 131 cm³/mol. The van der Waals surface area contributed by atoms with Gasteiger partial charge in [0.25, 0.3) is 0 Å². The van der Waals surface area contributed by atoms with E-state index < -0.39 is 0 Å². The van der Waals surface area contributed by atoms with Gasteiger partial charge in [0.2, 0.25) is 11.8 Å². The maximum Gasteiger partial charge on any atom is 0.244 e. The van der Waals surface area contributed by atoms with Crippen molar-refractivity contribution < 1.29 is 19.1 Å². The molecule has 3 aromatic rings. The topological polar surface area (TPSA) is 67.9 Å². The molecule has 0 aliphatic carbocycles. The number of aryl methyl sites for hydroxylation is 1. The van der Waals surface area contributed by atoms with Crippen LogP contribution in [-0.2, 0) is 9.59 Å². The number of hydrogen-bond acceptors (Lipinski definition) is 5.